The summed E-state index contributed by atoms with van der Waals surface area (Å²) < 4.78 is 38.8. The van der Waals surface area contributed by atoms with Crippen LogP contribution in [0.5, 0.6) is 0 Å². The molecule has 0 spiro atoms. The lowest BCUT2D eigenvalue weighted by molar-refractivity contribution is -0.140. The van der Waals surface area contributed by atoms with Crippen LogP contribution in [0.3, 0.4) is 0 Å². The summed E-state index contributed by atoms with van der Waals surface area (Å²) in [6, 6.07) is 3.70. The SMILES string of the molecule is Nc1ccc(CN2CCCCC2=O)c(C(F)(F)F)c1. The van der Waals surface area contributed by atoms with Crippen molar-refractivity contribution in [3.63, 3.8) is 0 Å². The van der Waals surface area contributed by atoms with Crippen LogP contribution in [-0.2, 0) is 17.5 Å². The molecule has 6 heteroatoms. The fourth-order valence-electron chi connectivity index (χ4n) is 2.23. The molecular formula is C13H15F3N2O. The molecule has 1 aromatic rings. The third kappa shape index (κ3) is 3.19. The maximum atomic E-state index is 12.9. The van der Waals surface area contributed by atoms with E-state index in [-0.39, 0.29) is 23.7 Å². The van der Waals surface area contributed by atoms with E-state index in [1.54, 1.807) is 0 Å². The predicted molar refractivity (Wildman–Crippen MR) is 65.1 cm³/mol. The molecule has 1 aliphatic rings. The van der Waals surface area contributed by atoms with Crippen LogP contribution in [-0.4, -0.2) is 17.4 Å². The zero-order valence-electron chi connectivity index (χ0n) is 10.3. The second kappa shape index (κ2) is 5.11. The minimum atomic E-state index is -4.45. The van der Waals surface area contributed by atoms with Gasteiger partial charge in [-0.15, -0.1) is 0 Å². The van der Waals surface area contributed by atoms with Gasteiger partial charge in [0.15, 0.2) is 0 Å². The third-order valence-corrected chi connectivity index (χ3v) is 3.22. The normalized spacial score (nSPS) is 16.8. The molecule has 0 atom stereocenters. The number of nitrogens with two attached hydrogens (primary N) is 1. The molecule has 3 nitrogen and oxygen atoms in total. The number of rotatable bonds is 2. The number of hydrogen-bond acceptors (Lipinski definition) is 2. The number of nitrogens with zero attached hydrogens (tertiary/aromatic N) is 1. The Bertz CT molecular complexity index is 485. The van der Waals surface area contributed by atoms with Gasteiger partial charge < -0.3 is 10.6 Å². The molecule has 1 aromatic carbocycles. The molecule has 0 saturated carbocycles. The van der Waals surface area contributed by atoms with Crippen LogP contribution in [0.2, 0.25) is 0 Å². The van der Waals surface area contributed by atoms with Crippen LogP contribution in [0.4, 0.5) is 18.9 Å². The van der Waals surface area contributed by atoms with E-state index in [2.05, 4.69) is 0 Å². The van der Waals surface area contributed by atoms with Crippen molar-refractivity contribution in [3.05, 3.63) is 29.3 Å². The first-order valence-corrected chi connectivity index (χ1v) is 6.11. The van der Waals surface area contributed by atoms with Crippen molar-refractivity contribution in [2.45, 2.75) is 32.0 Å². The molecule has 104 valence electrons. The van der Waals surface area contributed by atoms with Gasteiger partial charge in [-0.1, -0.05) is 6.07 Å². The predicted octanol–water partition coefficient (Wildman–Crippen LogP) is 2.80. The summed E-state index contributed by atoms with van der Waals surface area (Å²) in [5.74, 6) is -0.0869. The lowest BCUT2D eigenvalue weighted by Crippen LogP contribution is -2.35. The van der Waals surface area contributed by atoms with Gasteiger partial charge in [-0.25, -0.2) is 0 Å². The van der Waals surface area contributed by atoms with Crippen LogP contribution in [0.1, 0.15) is 30.4 Å². The van der Waals surface area contributed by atoms with Gasteiger partial charge in [0, 0.05) is 25.2 Å². The topological polar surface area (TPSA) is 46.3 Å². The van der Waals surface area contributed by atoms with Crippen LogP contribution in [0, 0.1) is 0 Å². The Hall–Kier alpha value is -1.72. The Labute approximate surface area is 109 Å². The first kappa shape index (κ1) is 13.7. The minimum absolute atomic E-state index is 0.00600. The van der Waals surface area contributed by atoms with E-state index >= 15 is 0 Å². The zero-order valence-corrected chi connectivity index (χ0v) is 10.3. The number of halogens is 3. The highest BCUT2D eigenvalue weighted by molar-refractivity contribution is 5.76. The number of carbonyl (C=O) groups is 1. The number of benzene rings is 1. The Morgan fingerprint density at radius 3 is 2.63 bits per heavy atom. The molecular weight excluding hydrogens is 257 g/mol. The van der Waals surface area contributed by atoms with Gasteiger partial charge in [0.1, 0.15) is 0 Å². The van der Waals surface area contributed by atoms with E-state index in [4.69, 9.17) is 5.73 Å². The van der Waals surface area contributed by atoms with Crippen molar-refractivity contribution in [1.82, 2.24) is 4.90 Å². The van der Waals surface area contributed by atoms with E-state index in [0.717, 1.165) is 18.9 Å². The van der Waals surface area contributed by atoms with Gasteiger partial charge in [0.25, 0.3) is 0 Å². The number of anilines is 1. The van der Waals surface area contributed by atoms with E-state index in [9.17, 15) is 18.0 Å². The molecule has 0 radical (unpaired) electrons. The lowest BCUT2D eigenvalue weighted by atomic mass is 10.0. The van der Waals surface area contributed by atoms with Gasteiger partial charge in [0.2, 0.25) is 5.91 Å². The molecule has 1 aliphatic heterocycles. The molecule has 19 heavy (non-hydrogen) atoms. The summed E-state index contributed by atoms with van der Waals surface area (Å²) in [7, 11) is 0. The van der Waals surface area contributed by atoms with Gasteiger partial charge in [-0.2, -0.15) is 13.2 Å². The number of likely N-dealkylation sites (tertiary alicyclic amines) is 1. The highest BCUT2D eigenvalue weighted by Crippen LogP contribution is 2.34. The van der Waals surface area contributed by atoms with Crippen molar-refractivity contribution >= 4 is 11.6 Å². The fraction of sp³-hybridized carbons (Fsp3) is 0.462. The quantitative estimate of drug-likeness (QED) is 0.841. The molecule has 1 heterocycles. The number of piperidine rings is 1. The van der Waals surface area contributed by atoms with Crippen molar-refractivity contribution in [2.75, 3.05) is 12.3 Å². The van der Waals surface area contributed by atoms with Crippen LogP contribution in [0.15, 0.2) is 18.2 Å². The number of hydrogen-bond donors (Lipinski definition) is 1. The first-order valence-electron chi connectivity index (χ1n) is 6.11. The van der Waals surface area contributed by atoms with Crippen molar-refractivity contribution in [1.29, 1.82) is 0 Å². The summed E-state index contributed by atoms with van der Waals surface area (Å²) in [5.41, 5.74) is 4.81. The summed E-state index contributed by atoms with van der Waals surface area (Å²) in [4.78, 5) is 13.1. The standard InChI is InChI=1S/C13H15F3N2O/c14-13(15,16)11-7-10(17)5-4-9(11)8-18-6-2-1-3-12(18)19/h4-5,7H,1-3,6,8,17H2. The van der Waals surface area contributed by atoms with Gasteiger partial charge in [-0.05, 0) is 30.5 Å². The second-order valence-electron chi connectivity index (χ2n) is 4.69. The molecule has 1 saturated heterocycles. The largest absolute Gasteiger partial charge is 0.416 e. The van der Waals surface area contributed by atoms with Crippen molar-refractivity contribution < 1.29 is 18.0 Å². The molecule has 0 unspecified atom stereocenters. The van der Waals surface area contributed by atoms with Crippen molar-refractivity contribution in [2.24, 2.45) is 0 Å². The molecule has 2 rings (SSSR count). The Balaban J connectivity index is 2.27. The smallest absolute Gasteiger partial charge is 0.399 e. The minimum Gasteiger partial charge on any atom is -0.399 e. The fourth-order valence-corrected chi connectivity index (χ4v) is 2.23. The summed E-state index contributed by atoms with van der Waals surface area (Å²) in [6.45, 7) is 0.508. The van der Waals surface area contributed by atoms with Gasteiger partial charge in [-0.3, -0.25) is 4.79 Å². The van der Waals surface area contributed by atoms with Gasteiger partial charge in [0.05, 0.1) is 5.56 Å². The second-order valence-corrected chi connectivity index (χ2v) is 4.69. The van der Waals surface area contributed by atoms with E-state index in [1.807, 2.05) is 0 Å². The Morgan fingerprint density at radius 2 is 2.00 bits per heavy atom. The molecule has 2 N–H and O–H groups in total. The Morgan fingerprint density at radius 1 is 1.26 bits per heavy atom. The average Bonchev–Trinajstić information content (AvgIpc) is 2.33. The summed E-state index contributed by atoms with van der Waals surface area (Å²) in [5, 5.41) is 0. The van der Waals surface area contributed by atoms with E-state index in [0.29, 0.717) is 13.0 Å². The Kier molecular flexibility index (Phi) is 3.68. The molecule has 0 aromatic heterocycles. The molecule has 1 amide bonds. The van der Waals surface area contributed by atoms with Crippen molar-refractivity contribution in [3.8, 4) is 0 Å². The number of amides is 1. The average molecular weight is 272 g/mol. The third-order valence-electron chi connectivity index (χ3n) is 3.22. The summed E-state index contributed by atoms with van der Waals surface area (Å²) in [6.07, 6.45) is -2.40. The number of alkyl halides is 3. The number of carbonyl (C=O) groups excluding carboxylic acids is 1. The molecule has 1 fully saturated rings. The van der Waals surface area contributed by atoms with Crippen LogP contribution in [0.25, 0.3) is 0 Å². The molecule has 0 aliphatic carbocycles. The lowest BCUT2D eigenvalue weighted by Gasteiger charge is -2.28. The van der Waals surface area contributed by atoms with E-state index < -0.39 is 11.7 Å². The number of nitrogen functional groups attached to an aromatic ring is 1. The highest BCUT2D eigenvalue weighted by Gasteiger charge is 2.34. The van der Waals surface area contributed by atoms with E-state index in [1.165, 1.54) is 17.0 Å². The maximum Gasteiger partial charge on any atom is 0.416 e. The van der Waals surface area contributed by atoms with Crippen LogP contribution >= 0.6 is 0 Å². The summed E-state index contributed by atoms with van der Waals surface area (Å²) >= 11 is 0. The highest BCUT2D eigenvalue weighted by atomic mass is 19.4. The first-order chi connectivity index (χ1) is 8.88. The maximum absolute atomic E-state index is 12.9. The van der Waals surface area contributed by atoms with Crippen LogP contribution < -0.4 is 5.73 Å². The monoisotopic (exact) mass is 272 g/mol. The zero-order chi connectivity index (χ0) is 14.0. The van der Waals surface area contributed by atoms with Gasteiger partial charge >= 0.3 is 6.18 Å². The molecule has 0 bridgehead atoms.